The molecule has 108 valence electrons. The number of rotatable bonds is 8. The van der Waals surface area contributed by atoms with E-state index in [1.54, 1.807) is 0 Å². The molecule has 0 N–H and O–H groups in total. The first-order valence-electron chi connectivity index (χ1n) is 5.26. The van der Waals surface area contributed by atoms with Crippen LogP contribution in [0.5, 0.6) is 0 Å². The molecule has 0 aliphatic heterocycles. The van der Waals surface area contributed by atoms with Gasteiger partial charge in [0, 0.05) is 11.8 Å². The molecule has 0 radical (unpaired) electrons. The first kappa shape index (κ1) is 18.1. The average Bonchev–Trinajstić information content (AvgIpc) is 2.35. The monoisotopic (exact) mass is 318 g/mol. The van der Waals surface area contributed by atoms with Crippen LogP contribution in [0.15, 0.2) is 48.0 Å². The predicted octanol–water partition coefficient (Wildman–Crippen LogP) is 5.59. The third-order valence-electron chi connectivity index (χ3n) is 1.68. The molecular formula is C12H12Cl2F4O. The standard InChI is InChI=1S/C12H12Cl2F4O/c13-7-3-1-5-9(11(15)16)19-10(12(17)18)6-2-4-8-14/h1-2,5-6H,3-4,7-8H2. The molecule has 0 spiro atoms. The van der Waals surface area contributed by atoms with Crippen LogP contribution >= 0.6 is 23.2 Å². The lowest BCUT2D eigenvalue weighted by Gasteiger charge is -2.05. The van der Waals surface area contributed by atoms with Crippen molar-refractivity contribution >= 4 is 23.2 Å². The van der Waals surface area contributed by atoms with E-state index < -0.39 is 23.7 Å². The van der Waals surface area contributed by atoms with Gasteiger partial charge >= 0.3 is 12.2 Å². The lowest BCUT2D eigenvalue weighted by Crippen LogP contribution is -1.92. The number of hydrogen-bond acceptors (Lipinski definition) is 1. The van der Waals surface area contributed by atoms with E-state index in [2.05, 4.69) is 4.74 Å². The first-order chi connectivity index (χ1) is 9.02. The summed E-state index contributed by atoms with van der Waals surface area (Å²) in [5.74, 6) is -1.42. The average molecular weight is 319 g/mol. The minimum atomic E-state index is -2.20. The summed E-state index contributed by atoms with van der Waals surface area (Å²) in [5.41, 5.74) is 0. The fourth-order valence-corrected chi connectivity index (χ4v) is 1.15. The SMILES string of the molecule is FC(F)=C(C=CCCCl)OC(C=CCCCl)=C(F)F. The fraction of sp³-hybridized carbons (Fsp3) is 0.333. The summed E-state index contributed by atoms with van der Waals surface area (Å²) in [5, 5.41) is 0. The van der Waals surface area contributed by atoms with Crippen molar-refractivity contribution in [2.45, 2.75) is 12.8 Å². The molecule has 0 amide bonds. The second-order valence-electron chi connectivity index (χ2n) is 3.11. The van der Waals surface area contributed by atoms with E-state index in [-0.39, 0.29) is 11.8 Å². The maximum atomic E-state index is 12.5. The van der Waals surface area contributed by atoms with Crippen molar-refractivity contribution in [1.82, 2.24) is 0 Å². The van der Waals surface area contributed by atoms with E-state index in [4.69, 9.17) is 23.2 Å². The molecule has 0 fully saturated rings. The highest BCUT2D eigenvalue weighted by Crippen LogP contribution is 2.20. The molecule has 0 rings (SSSR count). The highest BCUT2D eigenvalue weighted by molar-refractivity contribution is 6.18. The summed E-state index contributed by atoms with van der Waals surface area (Å²) in [6.07, 6.45) is 0.647. The summed E-state index contributed by atoms with van der Waals surface area (Å²) in [7, 11) is 0. The zero-order valence-corrected chi connectivity index (χ0v) is 11.3. The second-order valence-corrected chi connectivity index (χ2v) is 3.87. The molecule has 0 atom stereocenters. The van der Waals surface area contributed by atoms with Crippen molar-refractivity contribution in [3.63, 3.8) is 0 Å². The van der Waals surface area contributed by atoms with Crippen molar-refractivity contribution in [3.05, 3.63) is 48.0 Å². The van der Waals surface area contributed by atoms with Gasteiger partial charge in [-0.1, -0.05) is 12.2 Å². The van der Waals surface area contributed by atoms with Crippen LogP contribution in [0.3, 0.4) is 0 Å². The van der Waals surface area contributed by atoms with Crippen molar-refractivity contribution in [3.8, 4) is 0 Å². The van der Waals surface area contributed by atoms with Crippen LogP contribution in [0.2, 0.25) is 0 Å². The predicted molar refractivity (Wildman–Crippen MR) is 68.5 cm³/mol. The Bertz CT molecular complexity index is 345. The lowest BCUT2D eigenvalue weighted by atomic mass is 10.3. The van der Waals surface area contributed by atoms with Gasteiger partial charge in [0.1, 0.15) is 0 Å². The molecule has 0 aromatic rings. The Morgan fingerprint density at radius 3 is 1.42 bits per heavy atom. The summed E-state index contributed by atoms with van der Waals surface area (Å²) < 4.78 is 54.5. The molecule has 0 heterocycles. The van der Waals surface area contributed by atoms with Gasteiger partial charge in [0.15, 0.2) is 11.5 Å². The van der Waals surface area contributed by atoms with E-state index in [0.29, 0.717) is 12.8 Å². The summed E-state index contributed by atoms with van der Waals surface area (Å²) >= 11 is 10.7. The van der Waals surface area contributed by atoms with Crippen LogP contribution in [-0.2, 0) is 4.74 Å². The zero-order chi connectivity index (χ0) is 14.7. The zero-order valence-electron chi connectivity index (χ0n) is 9.81. The number of allylic oxidation sites excluding steroid dienone is 4. The minimum Gasteiger partial charge on any atom is -0.446 e. The van der Waals surface area contributed by atoms with Gasteiger partial charge in [0.25, 0.3) is 0 Å². The molecule has 1 nitrogen and oxygen atoms in total. The van der Waals surface area contributed by atoms with Crippen molar-refractivity contribution in [2.75, 3.05) is 11.8 Å². The molecule has 19 heavy (non-hydrogen) atoms. The molecule has 0 aliphatic carbocycles. The van der Waals surface area contributed by atoms with Gasteiger partial charge < -0.3 is 4.74 Å². The van der Waals surface area contributed by atoms with Crippen LogP contribution in [0.4, 0.5) is 17.6 Å². The Hall–Kier alpha value is -0.940. The summed E-state index contributed by atoms with van der Waals surface area (Å²) in [6, 6.07) is 0. The van der Waals surface area contributed by atoms with Gasteiger partial charge in [-0.25, -0.2) is 0 Å². The van der Waals surface area contributed by atoms with Crippen LogP contribution in [0.1, 0.15) is 12.8 Å². The molecule has 0 aliphatic rings. The van der Waals surface area contributed by atoms with E-state index in [9.17, 15) is 17.6 Å². The van der Waals surface area contributed by atoms with Crippen molar-refractivity contribution in [1.29, 1.82) is 0 Å². The Balaban J connectivity index is 4.90. The number of halogens is 6. The first-order valence-corrected chi connectivity index (χ1v) is 6.33. The second kappa shape index (κ2) is 10.9. The normalized spacial score (nSPS) is 11.1. The van der Waals surface area contributed by atoms with Crippen LogP contribution in [0.25, 0.3) is 0 Å². The Labute approximate surface area is 118 Å². The third-order valence-corrected chi connectivity index (χ3v) is 2.12. The van der Waals surface area contributed by atoms with Gasteiger partial charge in [0.05, 0.1) is 0 Å². The summed E-state index contributed by atoms with van der Waals surface area (Å²) in [4.78, 5) is 0. The van der Waals surface area contributed by atoms with E-state index in [1.807, 2.05) is 0 Å². The van der Waals surface area contributed by atoms with E-state index in [1.165, 1.54) is 12.2 Å². The van der Waals surface area contributed by atoms with Gasteiger partial charge in [0.2, 0.25) is 0 Å². The van der Waals surface area contributed by atoms with E-state index in [0.717, 1.165) is 12.2 Å². The Kier molecular flexibility index (Phi) is 10.4. The summed E-state index contributed by atoms with van der Waals surface area (Å²) in [6.45, 7) is 0. The van der Waals surface area contributed by atoms with Gasteiger partial charge in [-0.15, -0.1) is 23.2 Å². The van der Waals surface area contributed by atoms with Gasteiger partial charge in [-0.3, -0.25) is 0 Å². The molecule has 0 bridgehead atoms. The van der Waals surface area contributed by atoms with Gasteiger partial charge in [-0.05, 0) is 25.0 Å². The lowest BCUT2D eigenvalue weighted by molar-refractivity contribution is 0.252. The van der Waals surface area contributed by atoms with Crippen LogP contribution in [0, 0.1) is 0 Å². The minimum absolute atomic E-state index is 0.230. The van der Waals surface area contributed by atoms with Crippen molar-refractivity contribution < 1.29 is 22.3 Å². The molecule has 0 saturated carbocycles. The molecule has 0 aromatic heterocycles. The topological polar surface area (TPSA) is 9.23 Å². The van der Waals surface area contributed by atoms with Crippen molar-refractivity contribution in [2.24, 2.45) is 0 Å². The largest absolute Gasteiger partial charge is 0.446 e. The van der Waals surface area contributed by atoms with Crippen LogP contribution in [-0.4, -0.2) is 11.8 Å². The van der Waals surface area contributed by atoms with Crippen LogP contribution < -0.4 is 0 Å². The quantitative estimate of drug-likeness (QED) is 0.245. The molecule has 0 saturated heterocycles. The third kappa shape index (κ3) is 8.72. The highest BCUT2D eigenvalue weighted by Gasteiger charge is 2.10. The van der Waals surface area contributed by atoms with E-state index >= 15 is 0 Å². The molecular weight excluding hydrogens is 307 g/mol. The maximum absolute atomic E-state index is 12.5. The fourth-order valence-electron chi connectivity index (χ4n) is 0.896. The molecule has 7 heteroatoms. The number of hydrogen-bond donors (Lipinski definition) is 0. The smallest absolute Gasteiger partial charge is 0.312 e. The number of alkyl halides is 2. The maximum Gasteiger partial charge on any atom is 0.312 e. The van der Waals surface area contributed by atoms with Gasteiger partial charge in [-0.2, -0.15) is 17.6 Å². The Morgan fingerprint density at radius 1 is 0.789 bits per heavy atom. The Morgan fingerprint density at radius 2 is 1.16 bits per heavy atom. The highest BCUT2D eigenvalue weighted by atomic mass is 35.5. The molecule has 0 unspecified atom stereocenters. The number of ether oxygens (including phenoxy) is 1. The molecule has 0 aromatic carbocycles.